The quantitative estimate of drug-likeness (QED) is 0.745. The first-order chi connectivity index (χ1) is 7.47. The maximum Gasteiger partial charge on any atom is 0.235 e. The Labute approximate surface area is 102 Å². The van der Waals surface area contributed by atoms with E-state index in [-0.39, 0.29) is 5.91 Å². The highest BCUT2D eigenvalue weighted by atomic mass is 32.1. The van der Waals surface area contributed by atoms with E-state index in [2.05, 4.69) is 13.8 Å². The number of likely N-dealkylation sites (tertiary alicyclic amines) is 1. The average Bonchev–Trinajstić information content (AvgIpc) is 2.44. The van der Waals surface area contributed by atoms with Crippen LogP contribution in [0.25, 0.3) is 0 Å². The summed E-state index contributed by atoms with van der Waals surface area (Å²) < 4.78 is 0. The van der Waals surface area contributed by atoms with E-state index >= 15 is 0 Å². The van der Waals surface area contributed by atoms with E-state index in [1.54, 1.807) is 0 Å². The van der Waals surface area contributed by atoms with Gasteiger partial charge < -0.3 is 10.6 Å². The minimum atomic E-state index is -0.487. The van der Waals surface area contributed by atoms with Crippen LogP contribution >= 0.6 is 12.2 Å². The zero-order chi connectivity index (χ0) is 11.9. The molecule has 0 aromatic carbocycles. The maximum atomic E-state index is 12.4. The molecule has 0 aromatic rings. The van der Waals surface area contributed by atoms with E-state index < -0.39 is 5.41 Å². The summed E-state index contributed by atoms with van der Waals surface area (Å²) in [6, 6.07) is 0. The number of carbonyl (C=O) groups is 1. The van der Waals surface area contributed by atoms with Crippen LogP contribution in [0.1, 0.15) is 33.1 Å². The Kier molecular flexibility index (Phi) is 2.95. The second kappa shape index (κ2) is 3.99. The van der Waals surface area contributed by atoms with Gasteiger partial charge in [-0.2, -0.15) is 0 Å². The van der Waals surface area contributed by atoms with Crippen LogP contribution in [-0.4, -0.2) is 28.9 Å². The molecule has 1 aliphatic carbocycles. The van der Waals surface area contributed by atoms with Crippen LogP contribution in [0.15, 0.2) is 0 Å². The molecule has 1 amide bonds. The van der Waals surface area contributed by atoms with Crippen molar-refractivity contribution < 1.29 is 4.79 Å². The highest BCUT2D eigenvalue weighted by Crippen LogP contribution is 2.44. The first-order valence-corrected chi connectivity index (χ1v) is 6.47. The van der Waals surface area contributed by atoms with Gasteiger partial charge in [0, 0.05) is 13.1 Å². The summed E-state index contributed by atoms with van der Waals surface area (Å²) in [5, 5.41) is 0. The second-order valence-electron chi connectivity index (χ2n) is 5.46. The molecule has 1 saturated heterocycles. The molecule has 16 heavy (non-hydrogen) atoms. The van der Waals surface area contributed by atoms with Crippen molar-refractivity contribution >= 4 is 23.1 Å². The lowest BCUT2D eigenvalue weighted by atomic mass is 9.67. The molecule has 1 heterocycles. The third kappa shape index (κ3) is 1.63. The third-order valence-corrected chi connectivity index (χ3v) is 4.75. The van der Waals surface area contributed by atoms with Crippen molar-refractivity contribution in [2.45, 2.75) is 33.1 Å². The van der Waals surface area contributed by atoms with Crippen LogP contribution in [0.4, 0.5) is 0 Å². The third-order valence-electron chi connectivity index (χ3n) is 4.36. The van der Waals surface area contributed by atoms with E-state index in [0.717, 1.165) is 32.4 Å². The molecule has 0 bridgehead atoms. The number of carbonyl (C=O) groups excluding carboxylic acids is 1. The van der Waals surface area contributed by atoms with Crippen molar-refractivity contribution in [3.8, 4) is 0 Å². The number of hydrogen-bond donors (Lipinski definition) is 1. The molecule has 2 N–H and O–H groups in total. The van der Waals surface area contributed by atoms with Crippen molar-refractivity contribution in [1.29, 1.82) is 0 Å². The molecule has 2 fully saturated rings. The highest BCUT2D eigenvalue weighted by Gasteiger charge is 2.50. The minimum absolute atomic E-state index is 0.183. The predicted octanol–water partition coefficient (Wildman–Crippen LogP) is 1.56. The topological polar surface area (TPSA) is 46.3 Å². The van der Waals surface area contributed by atoms with Crippen molar-refractivity contribution in [2.24, 2.45) is 23.0 Å². The number of hydrogen-bond acceptors (Lipinski definition) is 2. The molecule has 1 saturated carbocycles. The van der Waals surface area contributed by atoms with Gasteiger partial charge in [0.15, 0.2) is 0 Å². The molecule has 0 radical (unpaired) electrons. The zero-order valence-corrected chi connectivity index (χ0v) is 10.8. The SMILES string of the molecule is CC1CN(C(=O)C2(C(N)=S)CCC2)CC1C. The van der Waals surface area contributed by atoms with Gasteiger partial charge in [0.05, 0.1) is 10.4 Å². The minimum Gasteiger partial charge on any atom is -0.392 e. The van der Waals surface area contributed by atoms with E-state index in [1.807, 2.05) is 4.90 Å². The number of nitrogens with zero attached hydrogens (tertiary/aromatic N) is 1. The first kappa shape index (κ1) is 11.8. The Hall–Kier alpha value is -0.640. The van der Waals surface area contributed by atoms with Gasteiger partial charge >= 0.3 is 0 Å². The summed E-state index contributed by atoms with van der Waals surface area (Å²) in [7, 11) is 0. The fourth-order valence-electron chi connectivity index (χ4n) is 2.69. The summed E-state index contributed by atoms with van der Waals surface area (Å²) >= 11 is 5.08. The molecule has 2 atom stereocenters. The number of amides is 1. The van der Waals surface area contributed by atoms with E-state index in [9.17, 15) is 4.79 Å². The molecule has 2 unspecified atom stereocenters. The van der Waals surface area contributed by atoms with Crippen molar-refractivity contribution in [3.63, 3.8) is 0 Å². The number of nitrogens with two attached hydrogens (primary N) is 1. The lowest BCUT2D eigenvalue weighted by molar-refractivity contribution is -0.141. The summed E-state index contributed by atoms with van der Waals surface area (Å²) in [5.41, 5.74) is 5.27. The van der Waals surface area contributed by atoms with Gasteiger partial charge in [-0.1, -0.05) is 32.5 Å². The summed E-state index contributed by atoms with van der Waals surface area (Å²) in [4.78, 5) is 14.8. The molecule has 4 heteroatoms. The Morgan fingerprint density at radius 2 is 1.81 bits per heavy atom. The second-order valence-corrected chi connectivity index (χ2v) is 5.90. The number of rotatable bonds is 2. The van der Waals surface area contributed by atoms with Gasteiger partial charge in [0.1, 0.15) is 0 Å². The molecule has 90 valence electrons. The van der Waals surface area contributed by atoms with Crippen molar-refractivity contribution in [1.82, 2.24) is 4.90 Å². The van der Waals surface area contributed by atoms with Crippen LogP contribution < -0.4 is 5.73 Å². The van der Waals surface area contributed by atoms with Gasteiger partial charge in [-0.3, -0.25) is 4.79 Å². The standard InChI is InChI=1S/C12H20N2OS/c1-8-6-14(7-9(8)2)11(15)12(10(13)16)4-3-5-12/h8-9H,3-7H2,1-2H3,(H2,13,16). The average molecular weight is 240 g/mol. The monoisotopic (exact) mass is 240 g/mol. The molecule has 2 rings (SSSR count). The Balaban J connectivity index is 2.10. The fraction of sp³-hybridized carbons (Fsp3) is 0.833. The maximum absolute atomic E-state index is 12.4. The summed E-state index contributed by atoms with van der Waals surface area (Å²) in [6.07, 6.45) is 2.77. The molecule has 1 aliphatic heterocycles. The largest absolute Gasteiger partial charge is 0.392 e. The van der Waals surface area contributed by atoms with Crippen molar-refractivity contribution in [2.75, 3.05) is 13.1 Å². The lowest BCUT2D eigenvalue weighted by Gasteiger charge is -2.41. The van der Waals surface area contributed by atoms with Gasteiger partial charge in [-0.05, 0) is 24.7 Å². The normalized spacial score (nSPS) is 32.2. The van der Waals surface area contributed by atoms with Gasteiger partial charge in [-0.15, -0.1) is 0 Å². The van der Waals surface area contributed by atoms with Crippen LogP contribution in [0.2, 0.25) is 0 Å². The highest BCUT2D eigenvalue weighted by molar-refractivity contribution is 7.80. The van der Waals surface area contributed by atoms with E-state index in [4.69, 9.17) is 18.0 Å². The van der Waals surface area contributed by atoms with Gasteiger partial charge in [0.25, 0.3) is 0 Å². The predicted molar refractivity (Wildman–Crippen MR) is 68.0 cm³/mol. The first-order valence-electron chi connectivity index (χ1n) is 6.06. The van der Waals surface area contributed by atoms with Crippen LogP contribution in [-0.2, 0) is 4.79 Å². The molecular formula is C12H20N2OS. The smallest absolute Gasteiger partial charge is 0.235 e. The molecule has 2 aliphatic rings. The molecule has 0 spiro atoms. The molecular weight excluding hydrogens is 220 g/mol. The van der Waals surface area contributed by atoms with Crippen LogP contribution in [0.5, 0.6) is 0 Å². The van der Waals surface area contributed by atoms with Crippen LogP contribution in [0, 0.1) is 17.3 Å². The molecule has 3 nitrogen and oxygen atoms in total. The van der Waals surface area contributed by atoms with E-state index in [0.29, 0.717) is 16.8 Å². The Morgan fingerprint density at radius 1 is 1.31 bits per heavy atom. The number of thiocarbonyl (C=S) groups is 1. The van der Waals surface area contributed by atoms with Crippen LogP contribution in [0.3, 0.4) is 0 Å². The molecule has 0 aromatic heterocycles. The van der Waals surface area contributed by atoms with Gasteiger partial charge in [-0.25, -0.2) is 0 Å². The lowest BCUT2D eigenvalue weighted by Crippen LogP contribution is -2.54. The van der Waals surface area contributed by atoms with Crippen molar-refractivity contribution in [3.05, 3.63) is 0 Å². The Bertz CT molecular complexity index is 315. The summed E-state index contributed by atoms with van der Waals surface area (Å²) in [5.74, 6) is 1.36. The van der Waals surface area contributed by atoms with Gasteiger partial charge in [0.2, 0.25) is 5.91 Å². The Morgan fingerprint density at radius 3 is 2.12 bits per heavy atom. The summed E-state index contributed by atoms with van der Waals surface area (Å²) in [6.45, 7) is 6.13. The zero-order valence-electron chi connectivity index (χ0n) is 10.0. The fourth-order valence-corrected chi connectivity index (χ4v) is 2.99. The van der Waals surface area contributed by atoms with E-state index in [1.165, 1.54) is 0 Å².